The van der Waals surface area contributed by atoms with Gasteiger partial charge >= 0.3 is 0 Å². The van der Waals surface area contributed by atoms with Gasteiger partial charge in [-0.3, -0.25) is 0 Å². The molecular weight excluding hydrogens is 264 g/mol. The third-order valence-corrected chi connectivity index (χ3v) is 2.88. The summed E-state index contributed by atoms with van der Waals surface area (Å²) in [5.74, 6) is -3.69. The Balaban J connectivity index is 2.56. The van der Waals surface area contributed by atoms with Crippen molar-refractivity contribution >= 4 is 5.57 Å². The minimum Gasteiger partial charge on any atom is -0.504 e. The van der Waals surface area contributed by atoms with Crippen LogP contribution in [0.25, 0.3) is 5.57 Å². The zero-order valence-corrected chi connectivity index (χ0v) is 10.2. The molecule has 0 fully saturated rings. The van der Waals surface area contributed by atoms with Crippen LogP contribution in [0.4, 0.5) is 0 Å². The zero-order chi connectivity index (χ0) is 15.0. The minimum absolute atomic E-state index is 0.0251. The highest BCUT2D eigenvalue weighted by molar-refractivity contribution is 5.85. The molecular formula is C14H12O6. The van der Waals surface area contributed by atoms with Gasteiger partial charge in [-0.1, -0.05) is 12.6 Å². The molecule has 6 N–H and O–H groups in total. The molecule has 0 aliphatic heterocycles. The third kappa shape index (κ3) is 2.03. The molecule has 0 aliphatic carbocycles. The van der Waals surface area contributed by atoms with E-state index in [1.54, 1.807) is 0 Å². The Morgan fingerprint density at radius 3 is 1.95 bits per heavy atom. The molecule has 0 atom stereocenters. The molecule has 0 unspecified atom stereocenters. The Morgan fingerprint density at radius 2 is 1.35 bits per heavy atom. The van der Waals surface area contributed by atoms with Gasteiger partial charge in [0.2, 0.25) is 11.5 Å². The summed E-state index contributed by atoms with van der Waals surface area (Å²) >= 11 is 0. The molecule has 6 heteroatoms. The number of phenols is 6. The Morgan fingerprint density at radius 1 is 0.700 bits per heavy atom. The van der Waals surface area contributed by atoms with Crippen molar-refractivity contribution in [1.82, 2.24) is 0 Å². The minimum atomic E-state index is -0.871. The van der Waals surface area contributed by atoms with Crippen molar-refractivity contribution in [3.05, 3.63) is 42.0 Å². The van der Waals surface area contributed by atoms with Crippen LogP contribution in [0.2, 0.25) is 0 Å². The molecule has 6 nitrogen and oxygen atoms in total. The second-order valence-electron chi connectivity index (χ2n) is 4.17. The Kier molecular flexibility index (Phi) is 3.07. The molecule has 0 aromatic heterocycles. The summed E-state index contributed by atoms with van der Waals surface area (Å²) in [6.07, 6.45) is 0. The van der Waals surface area contributed by atoms with Crippen molar-refractivity contribution < 1.29 is 30.6 Å². The second kappa shape index (κ2) is 4.58. The van der Waals surface area contributed by atoms with Crippen LogP contribution in [-0.4, -0.2) is 30.6 Å². The molecule has 0 heterocycles. The molecule has 0 spiro atoms. The summed E-state index contributed by atoms with van der Waals surface area (Å²) in [6.45, 7) is 3.68. The fourth-order valence-corrected chi connectivity index (χ4v) is 1.73. The van der Waals surface area contributed by atoms with E-state index in [4.69, 9.17) is 0 Å². The highest BCUT2D eigenvalue weighted by Gasteiger charge is 2.19. The molecule has 0 saturated carbocycles. The van der Waals surface area contributed by atoms with E-state index >= 15 is 0 Å². The van der Waals surface area contributed by atoms with Crippen LogP contribution in [0.15, 0.2) is 30.8 Å². The molecule has 2 aromatic rings. The van der Waals surface area contributed by atoms with Crippen LogP contribution >= 0.6 is 0 Å². The highest BCUT2D eigenvalue weighted by atomic mass is 16.3. The van der Waals surface area contributed by atoms with Crippen molar-refractivity contribution in [3.63, 3.8) is 0 Å². The standard InChI is InChI=1S/C14H12O6/c1-6(7-2-3-9(15)10(16)4-7)8-5-11(17)13(19)14(20)12(8)18/h2-5,15-20H,1H2. The molecule has 20 heavy (non-hydrogen) atoms. The first kappa shape index (κ1) is 13.4. The third-order valence-electron chi connectivity index (χ3n) is 2.88. The van der Waals surface area contributed by atoms with E-state index in [9.17, 15) is 30.6 Å². The number of hydrogen-bond donors (Lipinski definition) is 6. The van der Waals surface area contributed by atoms with Gasteiger partial charge in [0.15, 0.2) is 23.0 Å². The van der Waals surface area contributed by atoms with Crippen molar-refractivity contribution in [2.45, 2.75) is 0 Å². The van der Waals surface area contributed by atoms with Crippen LogP contribution in [0, 0.1) is 0 Å². The van der Waals surface area contributed by atoms with Crippen molar-refractivity contribution in [3.8, 4) is 34.5 Å². The van der Waals surface area contributed by atoms with E-state index in [1.807, 2.05) is 0 Å². The maximum atomic E-state index is 9.76. The molecule has 0 radical (unpaired) electrons. The summed E-state index contributed by atoms with van der Waals surface area (Å²) in [6, 6.07) is 4.89. The predicted octanol–water partition coefficient (Wildman–Crippen LogP) is 1.98. The zero-order valence-electron chi connectivity index (χ0n) is 10.2. The second-order valence-corrected chi connectivity index (χ2v) is 4.17. The van der Waals surface area contributed by atoms with Crippen molar-refractivity contribution in [1.29, 1.82) is 0 Å². The number of benzene rings is 2. The summed E-state index contributed by atoms with van der Waals surface area (Å²) in [5, 5.41) is 56.6. The lowest BCUT2D eigenvalue weighted by Crippen LogP contribution is -1.88. The number of phenolic OH excluding ortho intramolecular Hbond substituents is 6. The predicted molar refractivity (Wildman–Crippen MR) is 71.0 cm³/mol. The SMILES string of the molecule is C=C(c1ccc(O)c(O)c1)c1cc(O)c(O)c(O)c1O. The highest BCUT2D eigenvalue weighted by Crippen LogP contribution is 2.47. The van der Waals surface area contributed by atoms with Gasteiger partial charge in [0.25, 0.3) is 0 Å². The topological polar surface area (TPSA) is 121 Å². The smallest absolute Gasteiger partial charge is 0.204 e. The van der Waals surface area contributed by atoms with Crippen molar-refractivity contribution in [2.24, 2.45) is 0 Å². The maximum Gasteiger partial charge on any atom is 0.204 e. The van der Waals surface area contributed by atoms with Gasteiger partial charge in [0, 0.05) is 5.56 Å². The van der Waals surface area contributed by atoms with Gasteiger partial charge in [-0.25, -0.2) is 0 Å². The maximum absolute atomic E-state index is 9.76. The fourth-order valence-electron chi connectivity index (χ4n) is 1.73. The lowest BCUT2D eigenvalue weighted by Gasteiger charge is -2.12. The number of hydrogen-bond acceptors (Lipinski definition) is 6. The molecule has 0 aliphatic rings. The molecule has 0 bridgehead atoms. The van der Waals surface area contributed by atoms with E-state index in [2.05, 4.69) is 6.58 Å². The Bertz CT molecular complexity index is 705. The molecule has 0 amide bonds. The summed E-state index contributed by atoms with van der Waals surface area (Å²) in [4.78, 5) is 0. The summed E-state index contributed by atoms with van der Waals surface area (Å²) in [7, 11) is 0. The van der Waals surface area contributed by atoms with Crippen LogP contribution in [0.1, 0.15) is 11.1 Å². The average molecular weight is 276 g/mol. The van der Waals surface area contributed by atoms with Crippen LogP contribution in [0.5, 0.6) is 34.5 Å². The summed E-state index contributed by atoms with van der Waals surface area (Å²) in [5.41, 5.74) is 0.492. The lowest BCUT2D eigenvalue weighted by atomic mass is 9.97. The van der Waals surface area contributed by atoms with Gasteiger partial charge in [-0.15, -0.1) is 0 Å². The molecule has 2 rings (SSSR count). The van der Waals surface area contributed by atoms with E-state index in [1.165, 1.54) is 18.2 Å². The van der Waals surface area contributed by atoms with Crippen LogP contribution < -0.4 is 0 Å². The number of aromatic hydroxyl groups is 6. The van der Waals surface area contributed by atoms with Crippen LogP contribution in [-0.2, 0) is 0 Å². The van der Waals surface area contributed by atoms with E-state index < -0.39 is 23.0 Å². The molecule has 0 saturated heterocycles. The van der Waals surface area contributed by atoms with Gasteiger partial charge < -0.3 is 30.6 Å². The van der Waals surface area contributed by atoms with Gasteiger partial charge in [0.05, 0.1) is 0 Å². The first-order valence-electron chi connectivity index (χ1n) is 5.51. The monoisotopic (exact) mass is 276 g/mol. The van der Waals surface area contributed by atoms with E-state index in [0.29, 0.717) is 5.56 Å². The number of rotatable bonds is 2. The van der Waals surface area contributed by atoms with Crippen LogP contribution in [0.3, 0.4) is 0 Å². The van der Waals surface area contributed by atoms with E-state index in [0.717, 1.165) is 6.07 Å². The normalized spacial score (nSPS) is 10.4. The van der Waals surface area contributed by atoms with E-state index in [-0.39, 0.29) is 22.6 Å². The molecule has 2 aromatic carbocycles. The van der Waals surface area contributed by atoms with Gasteiger partial charge in [0.1, 0.15) is 0 Å². The molecule has 104 valence electrons. The first-order chi connectivity index (χ1) is 9.32. The fraction of sp³-hybridized carbons (Fsp3) is 0. The van der Waals surface area contributed by atoms with Crippen molar-refractivity contribution in [2.75, 3.05) is 0 Å². The Hall–Kier alpha value is -3.02. The van der Waals surface area contributed by atoms with Gasteiger partial charge in [-0.05, 0) is 29.3 Å². The Labute approximate surface area is 113 Å². The first-order valence-corrected chi connectivity index (χ1v) is 5.51. The van der Waals surface area contributed by atoms with Gasteiger partial charge in [-0.2, -0.15) is 0 Å². The average Bonchev–Trinajstić information content (AvgIpc) is 2.43. The largest absolute Gasteiger partial charge is 0.504 e. The quantitative estimate of drug-likeness (QED) is 0.368. The lowest BCUT2D eigenvalue weighted by molar-refractivity contribution is 0.345. The summed E-state index contributed by atoms with van der Waals surface area (Å²) < 4.78 is 0.